The van der Waals surface area contributed by atoms with E-state index in [2.05, 4.69) is 10.4 Å². The van der Waals surface area contributed by atoms with Crippen molar-refractivity contribution in [3.63, 3.8) is 0 Å². The lowest BCUT2D eigenvalue weighted by Gasteiger charge is -2.21. The second kappa shape index (κ2) is 7.62. The van der Waals surface area contributed by atoms with Gasteiger partial charge >= 0.3 is 6.18 Å². The average molecular weight is 380 g/mol. The molecule has 1 unspecified atom stereocenters. The van der Waals surface area contributed by atoms with Crippen molar-refractivity contribution in [3.8, 4) is 0 Å². The fourth-order valence-corrected chi connectivity index (χ4v) is 3.38. The molecule has 8 heteroatoms. The Hall–Kier alpha value is -2.51. The van der Waals surface area contributed by atoms with Gasteiger partial charge < -0.3 is 11.1 Å². The fraction of sp³-hybridized carbons (Fsp3) is 0.474. The molecule has 1 amide bonds. The number of nitrogens with two attached hydrogens (primary N) is 1. The zero-order chi connectivity index (χ0) is 19.6. The standard InChI is InChI=1S/C19H23F3N4O/c1-12(19(20,21)22)13-7-9-14(10-8-13)24-18-16(17(23)27)11-26(25-18)15-5-3-2-4-6-15/h7-12,15H,2-6H2,1H3,(H2,23,27)(H,24,25). The summed E-state index contributed by atoms with van der Waals surface area (Å²) in [6, 6.07) is 6.16. The number of alkyl halides is 3. The minimum Gasteiger partial charge on any atom is -0.365 e. The number of anilines is 2. The SMILES string of the molecule is CC(c1ccc(Nc2nn(C3CCCCC3)cc2C(N)=O)cc1)C(F)(F)F. The van der Waals surface area contributed by atoms with Crippen LogP contribution in [0.15, 0.2) is 30.5 Å². The van der Waals surface area contributed by atoms with Crippen molar-refractivity contribution >= 4 is 17.4 Å². The first-order chi connectivity index (χ1) is 12.8. The number of primary amides is 1. The Morgan fingerprint density at radius 3 is 2.41 bits per heavy atom. The maximum Gasteiger partial charge on any atom is 0.395 e. The molecule has 1 heterocycles. The third kappa shape index (κ3) is 4.43. The third-order valence-electron chi connectivity index (χ3n) is 5.11. The molecule has 1 saturated carbocycles. The van der Waals surface area contributed by atoms with Crippen molar-refractivity contribution in [2.24, 2.45) is 5.73 Å². The van der Waals surface area contributed by atoms with Crippen molar-refractivity contribution in [1.82, 2.24) is 9.78 Å². The molecule has 1 atom stereocenters. The van der Waals surface area contributed by atoms with Crippen LogP contribution in [0, 0.1) is 0 Å². The van der Waals surface area contributed by atoms with Crippen LogP contribution in [0.1, 0.15) is 66.9 Å². The molecule has 1 fully saturated rings. The van der Waals surface area contributed by atoms with Crippen molar-refractivity contribution < 1.29 is 18.0 Å². The molecule has 146 valence electrons. The molecule has 0 bridgehead atoms. The summed E-state index contributed by atoms with van der Waals surface area (Å²) in [6.07, 6.45) is 2.82. The lowest BCUT2D eigenvalue weighted by molar-refractivity contribution is -0.146. The second-order valence-corrected chi connectivity index (χ2v) is 7.04. The highest BCUT2D eigenvalue weighted by Crippen LogP contribution is 2.35. The smallest absolute Gasteiger partial charge is 0.365 e. The lowest BCUT2D eigenvalue weighted by Crippen LogP contribution is -2.17. The molecule has 27 heavy (non-hydrogen) atoms. The van der Waals surface area contributed by atoms with Gasteiger partial charge in [-0.2, -0.15) is 18.3 Å². The van der Waals surface area contributed by atoms with E-state index >= 15 is 0 Å². The average Bonchev–Trinajstić information content (AvgIpc) is 3.06. The quantitative estimate of drug-likeness (QED) is 0.775. The molecule has 1 aliphatic rings. The Morgan fingerprint density at radius 1 is 1.22 bits per heavy atom. The molecular weight excluding hydrogens is 357 g/mol. The Labute approximate surface area is 155 Å². The highest BCUT2D eigenvalue weighted by molar-refractivity contribution is 5.98. The van der Waals surface area contributed by atoms with E-state index in [0.717, 1.165) is 32.6 Å². The lowest BCUT2D eigenvalue weighted by atomic mass is 9.96. The number of nitrogens with zero attached hydrogens (tertiary/aromatic N) is 2. The predicted molar refractivity (Wildman–Crippen MR) is 97.1 cm³/mol. The van der Waals surface area contributed by atoms with E-state index in [0.29, 0.717) is 11.5 Å². The molecule has 5 nitrogen and oxygen atoms in total. The van der Waals surface area contributed by atoms with Gasteiger partial charge in [-0.25, -0.2) is 0 Å². The number of aromatic nitrogens is 2. The topological polar surface area (TPSA) is 72.9 Å². The van der Waals surface area contributed by atoms with Gasteiger partial charge in [0, 0.05) is 11.9 Å². The van der Waals surface area contributed by atoms with Crippen LogP contribution in [0.4, 0.5) is 24.7 Å². The maximum atomic E-state index is 12.8. The van der Waals surface area contributed by atoms with Gasteiger partial charge in [-0.3, -0.25) is 9.48 Å². The van der Waals surface area contributed by atoms with Crippen molar-refractivity contribution in [1.29, 1.82) is 0 Å². The first-order valence-electron chi connectivity index (χ1n) is 9.08. The summed E-state index contributed by atoms with van der Waals surface area (Å²) in [5.74, 6) is -1.81. The normalized spacial score (nSPS) is 16.9. The first-order valence-corrected chi connectivity index (χ1v) is 9.08. The monoisotopic (exact) mass is 380 g/mol. The van der Waals surface area contributed by atoms with Crippen molar-refractivity contribution in [2.45, 2.75) is 57.2 Å². The highest BCUT2D eigenvalue weighted by Gasteiger charge is 2.36. The van der Waals surface area contributed by atoms with Crippen LogP contribution in [0.5, 0.6) is 0 Å². The zero-order valence-electron chi connectivity index (χ0n) is 15.1. The van der Waals surface area contributed by atoms with Crippen LogP contribution in [0.25, 0.3) is 0 Å². The largest absolute Gasteiger partial charge is 0.395 e. The number of halogens is 3. The van der Waals surface area contributed by atoms with Gasteiger partial charge in [0.05, 0.1) is 12.0 Å². The summed E-state index contributed by atoms with van der Waals surface area (Å²) in [5.41, 5.74) is 6.46. The van der Waals surface area contributed by atoms with Gasteiger partial charge in [0.15, 0.2) is 5.82 Å². The van der Waals surface area contributed by atoms with E-state index in [1.54, 1.807) is 23.0 Å². The van der Waals surface area contributed by atoms with E-state index in [4.69, 9.17) is 5.73 Å². The number of carbonyl (C=O) groups excluding carboxylic acids is 1. The number of nitrogens with one attached hydrogen (secondary N) is 1. The molecule has 2 aromatic rings. The molecule has 0 spiro atoms. The van der Waals surface area contributed by atoms with E-state index in [1.807, 2.05) is 0 Å². The fourth-order valence-electron chi connectivity index (χ4n) is 3.38. The summed E-state index contributed by atoms with van der Waals surface area (Å²) in [5, 5.41) is 7.48. The number of benzene rings is 1. The minimum atomic E-state index is -4.28. The minimum absolute atomic E-state index is 0.177. The molecule has 1 aromatic heterocycles. The van der Waals surface area contributed by atoms with Crippen LogP contribution >= 0.6 is 0 Å². The molecule has 1 aromatic carbocycles. The van der Waals surface area contributed by atoms with E-state index in [1.165, 1.54) is 18.6 Å². The second-order valence-electron chi connectivity index (χ2n) is 7.04. The summed E-state index contributed by atoms with van der Waals surface area (Å²) in [7, 11) is 0. The van der Waals surface area contributed by atoms with Crippen LogP contribution in [0.3, 0.4) is 0 Å². The van der Waals surface area contributed by atoms with Crippen LogP contribution in [-0.2, 0) is 0 Å². The Kier molecular flexibility index (Phi) is 5.43. The van der Waals surface area contributed by atoms with Crippen molar-refractivity contribution in [3.05, 3.63) is 41.6 Å². The number of hydrogen-bond donors (Lipinski definition) is 2. The van der Waals surface area contributed by atoms with Gasteiger partial charge in [0.2, 0.25) is 0 Å². The van der Waals surface area contributed by atoms with Crippen LogP contribution in [0.2, 0.25) is 0 Å². The summed E-state index contributed by atoms with van der Waals surface area (Å²) >= 11 is 0. The Morgan fingerprint density at radius 2 is 1.85 bits per heavy atom. The zero-order valence-corrected chi connectivity index (χ0v) is 15.1. The Balaban J connectivity index is 1.80. The van der Waals surface area contributed by atoms with Gasteiger partial charge in [0.1, 0.15) is 5.56 Å². The maximum absolute atomic E-state index is 12.8. The number of rotatable bonds is 5. The summed E-state index contributed by atoms with van der Waals surface area (Å²) < 4.78 is 40.3. The van der Waals surface area contributed by atoms with E-state index < -0.39 is 18.0 Å². The van der Waals surface area contributed by atoms with Gasteiger partial charge in [0.25, 0.3) is 5.91 Å². The van der Waals surface area contributed by atoms with E-state index in [9.17, 15) is 18.0 Å². The molecule has 0 saturated heterocycles. The number of amides is 1. The predicted octanol–water partition coefficient (Wildman–Crippen LogP) is 4.90. The molecular formula is C19H23F3N4O. The highest BCUT2D eigenvalue weighted by atomic mass is 19.4. The summed E-state index contributed by atoms with van der Waals surface area (Å²) in [4.78, 5) is 11.8. The van der Waals surface area contributed by atoms with Gasteiger partial charge in [-0.05, 0) is 37.5 Å². The molecule has 0 radical (unpaired) electrons. The number of hydrogen-bond acceptors (Lipinski definition) is 3. The van der Waals surface area contributed by atoms with Crippen LogP contribution < -0.4 is 11.1 Å². The van der Waals surface area contributed by atoms with Crippen LogP contribution in [-0.4, -0.2) is 21.9 Å². The molecule has 0 aliphatic heterocycles. The molecule has 1 aliphatic carbocycles. The molecule has 3 rings (SSSR count). The Bertz CT molecular complexity index is 792. The van der Waals surface area contributed by atoms with Gasteiger partial charge in [-0.15, -0.1) is 0 Å². The number of carbonyl (C=O) groups is 1. The van der Waals surface area contributed by atoms with E-state index in [-0.39, 0.29) is 17.2 Å². The van der Waals surface area contributed by atoms with Gasteiger partial charge in [-0.1, -0.05) is 31.4 Å². The van der Waals surface area contributed by atoms with Crippen molar-refractivity contribution in [2.75, 3.05) is 5.32 Å². The third-order valence-corrected chi connectivity index (χ3v) is 5.11. The molecule has 3 N–H and O–H groups in total. The summed E-state index contributed by atoms with van der Waals surface area (Å²) in [6.45, 7) is 1.12. The first kappa shape index (κ1) is 19.3.